The summed E-state index contributed by atoms with van der Waals surface area (Å²) in [6.45, 7) is 8.31. The second-order valence-electron chi connectivity index (χ2n) is 7.57. The van der Waals surface area contributed by atoms with Gasteiger partial charge in [-0.2, -0.15) is 0 Å². The molecule has 1 amide bonds. The van der Waals surface area contributed by atoms with Crippen LogP contribution in [0, 0.1) is 5.92 Å². The molecule has 0 saturated heterocycles. The summed E-state index contributed by atoms with van der Waals surface area (Å²) < 4.78 is 0. The van der Waals surface area contributed by atoms with E-state index in [0.29, 0.717) is 12.5 Å². The number of anilines is 1. The van der Waals surface area contributed by atoms with E-state index in [2.05, 4.69) is 54.8 Å². The maximum absolute atomic E-state index is 12.8. The van der Waals surface area contributed by atoms with E-state index in [1.54, 1.807) is 0 Å². The number of benzene rings is 1. The molecule has 0 radical (unpaired) electrons. The normalized spacial score (nSPS) is 22.6. The number of nitrogens with one attached hydrogen (secondary N) is 1. The van der Waals surface area contributed by atoms with Crippen LogP contribution in [0.5, 0.6) is 0 Å². The standard InChI is InChI=1S/C24H33N3O.CH4.H2/c1-4-19-21(16-25)20-15-18(24(28)27(5-2)6-3)13-14-22(20)26-23(19)17-11-9-7-8-10-12-17;;/h7-11,13-15,19,21,23,26H,4-6,12,16,25H2,1-3H3;1H4;1H/t19-,21+,23?;;/m1../s1. The topological polar surface area (TPSA) is 58.4 Å². The molecule has 1 aromatic rings. The Kier molecular flexibility index (Phi) is 8.27. The van der Waals surface area contributed by atoms with Gasteiger partial charge in [0, 0.05) is 31.7 Å². The first-order valence-corrected chi connectivity index (χ1v) is 10.6. The van der Waals surface area contributed by atoms with E-state index < -0.39 is 0 Å². The molecule has 4 nitrogen and oxygen atoms in total. The van der Waals surface area contributed by atoms with Gasteiger partial charge in [-0.3, -0.25) is 4.79 Å². The summed E-state index contributed by atoms with van der Waals surface area (Å²) in [5.41, 5.74) is 10.7. The van der Waals surface area contributed by atoms with Gasteiger partial charge in [0.2, 0.25) is 0 Å². The predicted molar refractivity (Wildman–Crippen MR) is 127 cm³/mol. The molecule has 3 atom stereocenters. The van der Waals surface area contributed by atoms with Crippen molar-refractivity contribution < 1.29 is 6.22 Å². The second kappa shape index (κ2) is 10.4. The molecule has 1 unspecified atom stereocenters. The van der Waals surface area contributed by atoms with Gasteiger partial charge in [-0.05, 0) is 62.1 Å². The van der Waals surface area contributed by atoms with Gasteiger partial charge in [-0.15, -0.1) is 0 Å². The molecule has 1 heterocycles. The van der Waals surface area contributed by atoms with Crippen molar-refractivity contribution in [3.05, 3.63) is 65.3 Å². The fraction of sp³-hybridized carbons (Fsp3) is 0.480. The van der Waals surface area contributed by atoms with E-state index in [1.165, 1.54) is 11.1 Å². The molecule has 0 saturated carbocycles. The zero-order valence-electron chi connectivity index (χ0n) is 17.3. The highest BCUT2D eigenvalue weighted by Gasteiger charge is 2.36. The largest absolute Gasteiger partial charge is 0.378 e. The molecule has 29 heavy (non-hydrogen) atoms. The first-order valence-electron chi connectivity index (χ1n) is 10.6. The Morgan fingerprint density at radius 2 is 1.97 bits per heavy atom. The van der Waals surface area contributed by atoms with Crippen molar-refractivity contribution in [3.63, 3.8) is 0 Å². The zero-order valence-corrected chi connectivity index (χ0v) is 17.3. The molecule has 160 valence electrons. The Morgan fingerprint density at radius 1 is 1.21 bits per heavy atom. The van der Waals surface area contributed by atoms with E-state index in [9.17, 15) is 4.79 Å². The molecule has 1 aliphatic heterocycles. The first-order chi connectivity index (χ1) is 13.6. The number of fused-ring (bicyclic) bond motifs is 1. The smallest absolute Gasteiger partial charge is 0.253 e. The molecule has 0 bridgehead atoms. The summed E-state index contributed by atoms with van der Waals surface area (Å²) in [6.07, 6.45) is 12.7. The van der Waals surface area contributed by atoms with Crippen molar-refractivity contribution in [1.29, 1.82) is 0 Å². The SMILES string of the molecule is C.CC[C@H]1C(C2=CC=CC=CC2)Nc2ccc(C(=O)N(CC)CC)cc2[C@H]1CN.[HH]. The molecule has 0 spiro atoms. The molecule has 3 N–H and O–H groups in total. The number of carbonyl (C=O) groups excluding carboxylic acids is 1. The van der Waals surface area contributed by atoms with E-state index in [4.69, 9.17) is 5.73 Å². The number of nitrogens with zero attached hydrogens (tertiary/aromatic N) is 1. The van der Waals surface area contributed by atoms with Gasteiger partial charge in [0.1, 0.15) is 0 Å². The predicted octanol–water partition coefficient (Wildman–Crippen LogP) is 5.36. The minimum atomic E-state index is 0. The average Bonchev–Trinajstić information content (AvgIpc) is 3.02. The van der Waals surface area contributed by atoms with Crippen LogP contribution in [0.15, 0.2) is 54.2 Å². The highest BCUT2D eigenvalue weighted by Crippen LogP contribution is 2.42. The van der Waals surface area contributed by atoms with E-state index >= 15 is 0 Å². The summed E-state index contributed by atoms with van der Waals surface area (Å²) in [6, 6.07) is 6.35. The fourth-order valence-electron chi connectivity index (χ4n) is 4.58. The van der Waals surface area contributed by atoms with Crippen LogP contribution in [0.2, 0.25) is 0 Å². The highest BCUT2D eigenvalue weighted by atomic mass is 16.2. The summed E-state index contributed by atoms with van der Waals surface area (Å²) in [4.78, 5) is 14.7. The number of hydrogen-bond donors (Lipinski definition) is 2. The van der Waals surface area contributed by atoms with Gasteiger partial charge in [-0.25, -0.2) is 0 Å². The van der Waals surface area contributed by atoms with Crippen LogP contribution >= 0.6 is 0 Å². The molecular weight excluding hydrogens is 358 g/mol. The van der Waals surface area contributed by atoms with Crippen LogP contribution in [0.25, 0.3) is 0 Å². The molecular formula is C25H39N3O. The van der Waals surface area contributed by atoms with Crippen molar-refractivity contribution >= 4 is 11.6 Å². The molecule has 4 heteroatoms. The van der Waals surface area contributed by atoms with Gasteiger partial charge in [0.15, 0.2) is 0 Å². The number of rotatable bonds is 6. The third kappa shape index (κ3) is 4.64. The molecule has 0 fully saturated rings. The fourth-order valence-corrected chi connectivity index (χ4v) is 4.58. The van der Waals surface area contributed by atoms with E-state index in [0.717, 1.165) is 37.2 Å². The van der Waals surface area contributed by atoms with Crippen molar-refractivity contribution in [2.45, 2.75) is 53.0 Å². The quantitative estimate of drug-likeness (QED) is 0.680. The lowest BCUT2D eigenvalue weighted by atomic mass is 9.73. The monoisotopic (exact) mass is 397 g/mol. The molecule has 3 rings (SSSR count). The Balaban J connectivity index is 0.00000225. The third-order valence-corrected chi connectivity index (χ3v) is 6.15. The maximum Gasteiger partial charge on any atom is 0.253 e. The summed E-state index contributed by atoms with van der Waals surface area (Å²) in [5.74, 6) is 0.746. The van der Waals surface area contributed by atoms with Crippen molar-refractivity contribution in [3.8, 4) is 0 Å². The van der Waals surface area contributed by atoms with Gasteiger partial charge in [-0.1, -0.05) is 51.2 Å². The number of allylic oxidation sites excluding steroid dienone is 5. The van der Waals surface area contributed by atoms with Crippen LogP contribution in [0.3, 0.4) is 0 Å². The van der Waals surface area contributed by atoms with Crippen LogP contribution < -0.4 is 11.1 Å². The van der Waals surface area contributed by atoms with Crippen LogP contribution in [0.4, 0.5) is 5.69 Å². The summed E-state index contributed by atoms with van der Waals surface area (Å²) in [5, 5.41) is 3.77. The van der Waals surface area contributed by atoms with Crippen LogP contribution in [-0.4, -0.2) is 36.5 Å². The Labute approximate surface area is 178 Å². The number of nitrogens with two attached hydrogens (primary N) is 1. The highest BCUT2D eigenvalue weighted by molar-refractivity contribution is 5.95. The first kappa shape index (κ1) is 23.0. The van der Waals surface area contributed by atoms with Crippen LogP contribution in [-0.2, 0) is 0 Å². The average molecular weight is 398 g/mol. The van der Waals surface area contributed by atoms with Gasteiger partial charge in [0.25, 0.3) is 5.91 Å². The Bertz CT molecular complexity index is 796. The van der Waals surface area contributed by atoms with E-state index in [-0.39, 0.29) is 26.7 Å². The molecule has 2 aliphatic rings. The molecule has 1 aromatic carbocycles. The Hall–Kier alpha value is -2.33. The minimum Gasteiger partial charge on any atom is -0.378 e. The summed E-state index contributed by atoms with van der Waals surface area (Å²) in [7, 11) is 0. The van der Waals surface area contributed by atoms with Gasteiger partial charge in [0.05, 0.1) is 6.04 Å². The summed E-state index contributed by atoms with van der Waals surface area (Å²) >= 11 is 0. The molecule has 0 aromatic heterocycles. The van der Waals surface area contributed by atoms with Crippen molar-refractivity contribution in [2.24, 2.45) is 11.7 Å². The molecule has 1 aliphatic carbocycles. The number of amides is 1. The third-order valence-electron chi connectivity index (χ3n) is 6.15. The lowest BCUT2D eigenvalue weighted by Crippen LogP contribution is -2.41. The maximum atomic E-state index is 12.8. The van der Waals surface area contributed by atoms with Gasteiger partial charge < -0.3 is 16.0 Å². The second-order valence-corrected chi connectivity index (χ2v) is 7.57. The van der Waals surface area contributed by atoms with Crippen LogP contribution in [0.1, 0.15) is 64.3 Å². The van der Waals surface area contributed by atoms with E-state index in [1.807, 2.05) is 24.8 Å². The Morgan fingerprint density at radius 3 is 2.62 bits per heavy atom. The van der Waals surface area contributed by atoms with Gasteiger partial charge >= 0.3 is 0 Å². The van der Waals surface area contributed by atoms with Crippen molar-refractivity contribution in [1.82, 2.24) is 4.90 Å². The number of hydrogen-bond acceptors (Lipinski definition) is 3. The minimum absolute atomic E-state index is 0. The van der Waals surface area contributed by atoms with Crippen molar-refractivity contribution in [2.75, 3.05) is 25.0 Å². The lowest BCUT2D eigenvalue weighted by molar-refractivity contribution is 0.0773. The number of carbonyl (C=O) groups is 1. The lowest BCUT2D eigenvalue weighted by Gasteiger charge is -2.41. The zero-order chi connectivity index (χ0) is 20.1.